The number of halogens is 3. The lowest BCUT2D eigenvalue weighted by Gasteiger charge is -2.32. The Hall–Kier alpha value is -1.23. The first kappa shape index (κ1) is 14.2. The Morgan fingerprint density at radius 2 is 2.00 bits per heavy atom. The average Bonchev–Trinajstić information content (AvgIpc) is 2.37. The van der Waals surface area contributed by atoms with Crippen molar-refractivity contribution in [1.82, 2.24) is 5.32 Å². The molecule has 0 bridgehead atoms. The molecule has 2 atom stereocenters. The van der Waals surface area contributed by atoms with Crippen molar-refractivity contribution in [2.45, 2.75) is 32.0 Å². The number of ether oxygens (including phenoxy) is 1. The van der Waals surface area contributed by atoms with E-state index in [-0.39, 0.29) is 19.0 Å². The third-order valence-corrected chi connectivity index (χ3v) is 3.73. The number of piperidine rings is 1. The van der Waals surface area contributed by atoms with Gasteiger partial charge in [0, 0.05) is 12.6 Å². The van der Waals surface area contributed by atoms with Crippen molar-refractivity contribution < 1.29 is 17.9 Å². The molecule has 0 amide bonds. The lowest BCUT2D eigenvalue weighted by atomic mass is 9.89. The summed E-state index contributed by atoms with van der Waals surface area (Å²) in [6.45, 7) is 1.95. The standard InChI is InChI=1S/C14H18F3NO/c1-9-7-11(19-2)4-5-12(9)13-6-3-10(8-18-13)14(15,16)17/h4-5,7,10,13,18H,3,6,8H2,1-2H3. The van der Waals surface area contributed by atoms with Gasteiger partial charge >= 0.3 is 6.18 Å². The van der Waals surface area contributed by atoms with E-state index in [1.807, 2.05) is 25.1 Å². The summed E-state index contributed by atoms with van der Waals surface area (Å²) < 4.78 is 42.9. The highest BCUT2D eigenvalue weighted by atomic mass is 19.4. The van der Waals surface area contributed by atoms with Crippen LogP contribution in [0.1, 0.15) is 30.0 Å². The van der Waals surface area contributed by atoms with Gasteiger partial charge in [-0.1, -0.05) is 6.07 Å². The van der Waals surface area contributed by atoms with Crippen LogP contribution in [0.25, 0.3) is 0 Å². The fourth-order valence-corrected chi connectivity index (χ4v) is 2.57. The number of rotatable bonds is 2. The molecule has 2 rings (SSSR count). The quantitative estimate of drug-likeness (QED) is 0.888. The molecule has 0 aromatic heterocycles. The van der Waals surface area contributed by atoms with E-state index < -0.39 is 12.1 Å². The maximum absolute atomic E-state index is 12.6. The van der Waals surface area contributed by atoms with Crippen molar-refractivity contribution in [3.8, 4) is 5.75 Å². The minimum Gasteiger partial charge on any atom is -0.497 e. The molecule has 1 aromatic carbocycles. The second kappa shape index (κ2) is 5.41. The van der Waals surface area contributed by atoms with Crippen LogP contribution in [0.15, 0.2) is 18.2 Å². The fourth-order valence-electron chi connectivity index (χ4n) is 2.57. The number of alkyl halides is 3. The van der Waals surface area contributed by atoms with Crippen molar-refractivity contribution in [1.29, 1.82) is 0 Å². The minimum atomic E-state index is -4.09. The van der Waals surface area contributed by atoms with Crippen LogP contribution < -0.4 is 10.1 Å². The van der Waals surface area contributed by atoms with Crippen molar-refractivity contribution in [2.75, 3.05) is 13.7 Å². The number of hydrogen-bond acceptors (Lipinski definition) is 2. The first-order chi connectivity index (χ1) is 8.91. The summed E-state index contributed by atoms with van der Waals surface area (Å²) in [6, 6.07) is 5.69. The summed E-state index contributed by atoms with van der Waals surface area (Å²) in [5.74, 6) is -0.451. The van der Waals surface area contributed by atoms with Gasteiger partial charge in [-0.15, -0.1) is 0 Å². The Morgan fingerprint density at radius 1 is 1.26 bits per heavy atom. The maximum Gasteiger partial charge on any atom is 0.393 e. The van der Waals surface area contributed by atoms with E-state index >= 15 is 0 Å². The zero-order valence-corrected chi connectivity index (χ0v) is 11.1. The van der Waals surface area contributed by atoms with E-state index in [1.54, 1.807) is 7.11 Å². The Morgan fingerprint density at radius 3 is 2.47 bits per heavy atom. The summed E-state index contributed by atoms with van der Waals surface area (Å²) in [5.41, 5.74) is 2.10. The molecular formula is C14H18F3NO. The number of hydrogen-bond donors (Lipinski definition) is 1. The lowest BCUT2D eigenvalue weighted by molar-refractivity contribution is -0.179. The molecule has 5 heteroatoms. The summed E-state index contributed by atoms with van der Waals surface area (Å²) in [7, 11) is 1.60. The predicted molar refractivity (Wildman–Crippen MR) is 67.3 cm³/mol. The third kappa shape index (κ3) is 3.21. The summed E-state index contributed by atoms with van der Waals surface area (Å²) in [6.07, 6.45) is -3.39. The van der Waals surface area contributed by atoms with Gasteiger partial charge in [0.1, 0.15) is 5.75 Å². The first-order valence-corrected chi connectivity index (χ1v) is 6.36. The van der Waals surface area contributed by atoms with Crippen molar-refractivity contribution in [3.05, 3.63) is 29.3 Å². The van der Waals surface area contributed by atoms with E-state index in [9.17, 15) is 13.2 Å². The fraction of sp³-hybridized carbons (Fsp3) is 0.571. The highest BCUT2D eigenvalue weighted by molar-refractivity contribution is 5.36. The zero-order valence-electron chi connectivity index (χ0n) is 11.1. The van der Waals surface area contributed by atoms with Gasteiger partial charge in [0.2, 0.25) is 0 Å². The molecule has 1 aromatic rings. The molecule has 2 nitrogen and oxygen atoms in total. The summed E-state index contributed by atoms with van der Waals surface area (Å²) in [4.78, 5) is 0. The van der Waals surface area contributed by atoms with Crippen molar-refractivity contribution >= 4 is 0 Å². The van der Waals surface area contributed by atoms with Crippen LogP contribution in [0, 0.1) is 12.8 Å². The molecule has 0 saturated carbocycles. The van der Waals surface area contributed by atoms with E-state index in [4.69, 9.17) is 4.74 Å². The number of benzene rings is 1. The zero-order chi connectivity index (χ0) is 14.0. The molecule has 1 fully saturated rings. The smallest absolute Gasteiger partial charge is 0.393 e. The van der Waals surface area contributed by atoms with E-state index in [2.05, 4.69) is 5.32 Å². The molecule has 2 unspecified atom stereocenters. The van der Waals surface area contributed by atoms with Gasteiger partial charge in [-0.2, -0.15) is 13.2 Å². The molecule has 1 saturated heterocycles. The van der Waals surface area contributed by atoms with Crippen LogP contribution in [0.4, 0.5) is 13.2 Å². The predicted octanol–water partition coefficient (Wildman–Crippen LogP) is 3.61. The second-order valence-electron chi connectivity index (χ2n) is 5.00. The molecule has 19 heavy (non-hydrogen) atoms. The highest BCUT2D eigenvalue weighted by Crippen LogP contribution is 2.36. The van der Waals surface area contributed by atoms with Crippen LogP contribution in [0.5, 0.6) is 5.75 Å². The van der Waals surface area contributed by atoms with Crippen molar-refractivity contribution in [2.24, 2.45) is 5.92 Å². The molecule has 1 N–H and O–H groups in total. The Bertz CT molecular complexity index is 437. The Kier molecular flexibility index (Phi) is 4.04. The third-order valence-electron chi connectivity index (χ3n) is 3.73. The Balaban J connectivity index is 2.06. The topological polar surface area (TPSA) is 21.3 Å². The summed E-state index contributed by atoms with van der Waals surface area (Å²) >= 11 is 0. The van der Waals surface area contributed by atoms with E-state index in [0.29, 0.717) is 6.42 Å². The number of aryl methyl sites for hydroxylation is 1. The second-order valence-corrected chi connectivity index (χ2v) is 5.00. The van der Waals surface area contributed by atoms with Gasteiger partial charge in [0.05, 0.1) is 13.0 Å². The average molecular weight is 273 g/mol. The molecular weight excluding hydrogens is 255 g/mol. The molecule has 1 heterocycles. The highest BCUT2D eigenvalue weighted by Gasteiger charge is 2.41. The SMILES string of the molecule is COc1ccc(C2CCC(C(F)(F)F)CN2)c(C)c1. The molecule has 1 aliphatic rings. The van der Waals surface area contributed by atoms with Gasteiger partial charge < -0.3 is 10.1 Å². The van der Waals surface area contributed by atoms with Gasteiger partial charge in [-0.25, -0.2) is 0 Å². The number of nitrogens with one attached hydrogen (secondary N) is 1. The van der Waals surface area contributed by atoms with Crippen LogP contribution >= 0.6 is 0 Å². The van der Waals surface area contributed by atoms with Crippen LogP contribution in [0.3, 0.4) is 0 Å². The maximum atomic E-state index is 12.6. The van der Waals surface area contributed by atoms with Gasteiger partial charge in [0.15, 0.2) is 0 Å². The monoisotopic (exact) mass is 273 g/mol. The van der Waals surface area contributed by atoms with Crippen LogP contribution in [-0.2, 0) is 0 Å². The molecule has 0 aliphatic carbocycles. The van der Waals surface area contributed by atoms with Crippen molar-refractivity contribution in [3.63, 3.8) is 0 Å². The largest absolute Gasteiger partial charge is 0.497 e. The summed E-state index contributed by atoms with van der Waals surface area (Å²) in [5, 5.41) is 3.01. The van der Waals surface area contributed by atoms with E-state index in [1.165, 1.54) is 0 Å². The normalized spacial score (nSPS) is 24.3. The van der Waals surface area contributed by atoms with Crippen LogP contribution in [0.2, 0.25) is 0 Å². The Labute approximate surface area is 111 Å². The van der Waals surface area contributed by atoms with Crippen LogP contribution in [-0.4, -0.2) is 19.8 Å². The molecule has 0 spiro atoms. The molecule has 0 radical (unpaired) electrons. The van der Waals surface area contributed by atoms with Gasteiger partial charge in [-0.05, 0) is 43.0 Å². The molecule has 106 valence electrons. The minimum absolute atomic E-state index is 0.000361. The van der Waals surface area contributed by atoms with E-state index in [0.717, 1.165) is 16.9 Å². The van der Waals surface area contributed by atoms with Gasteiger partial charge in [0.25, 0.3) is 0 Å². The first-order valence-electron chi connectivity index (χ1n) is 6.36. The molecule has 1 aliphatic heterocycles. The van der Waals surface area contributed by atoms with Gasteiger partial charge in [-0.3, -0.25) is 0 Å². The number of methoxy groups -OCH3 is 1. The lowest BCUT2D eigenvalue weighted by Crippen LogP contribution is -2.40.